The molecule has 2 nitrogen and oxygen atoms in total. The van der Waals surface area contributed by atoms with Crippen molar-refractivity contribution in [3.8, 4) is 0 Å². The Morgan fingerprint density at radius 1 is 0.857 bits per heavy atom. The first kappa shape index (κ1) is 14.5. The fourth-order valence-corrected chi connectivity index (χ4v) is 7.26. The van der Waals surface area contributed by atoms with Crippen molar-refractivity contribution in [3.05, 3.63) is 0 Å². The van der Waals surface area contributed by atoms with Crippen LogP contribution in [0.15, 0.2) is 0 Å². The molecule has 0 heterocycles. The monoisotopic (exact) mass is 291 g/mol. The van der Waals surface area contributed by atoms with Crippen LogP contribution in [-0.2, 0) is 0 Å². The number of hydrogen-bond donors (Lipinski definition) is 2. The molecule has 4 aliphatic rings. The van der Waals surface area contributed by atoms with Crippen molar-refractivity contribution in [1.29, 1.82) is 0 Å². The number of aliphatic hydroxyl groups is 1. The second-order valence-corrected chi connectivity index (χ2v) is 9.33. The minimum atomic E-state index is -0.0336. The summed E-state index contributed by atoms with van der Waals surface area (Å²) in [4.78, 5) is 0. The number of nitrogens with two attached hydrogens (primary N) is 1. The molecule has 0 aromatic heterocycles. The van der Waals surface area contributed by atoms with E-state index in [0.29, 0.717) is 11.5 Å². The zero-order chi connectivity index (χ0) is 14.8. The van der Waals surface area contributed by atoms with E-state index >= 15 is 0 Å². The Morgan fingerprint density at radius 3 is 2.38 bits per heavy atom. The smallest absolute Gasteiger partial charge is 0.0596 e. The molecular formula is C19H33NO. The standard InChI is InChI=1S/C19H33NO/c1-18-9-7-13(20)11-12(18)3-4-14-15-5-6-17(21)19(15,2)10-8-16(14)18/h12-17,21H,3-11,20H2,1-2H3/t12-,13-,14+,15+,16+,17-,18-,19-/m0/s1. The lowest BCUT2D eigenvalue weighted by Crippen LogP contribution is -2.55. The fraction of sp³-hybridized carbons (Fsp3) is 1.00. The van der Waals surface area contributed by atoms with E-state index in [0.717, 1.165) is 30.1 Å². The van der Waals surface area contributed by atoms with Gasteiger partial charge in [-0.3, -0.25) is 0 Å². The number of aliphatic hydroxyl groups excluding tert-OH is 1. The highest BCUT2D eigenvalue weighted by atomic mass is 16.3. The Kier molecular flexibility index (Phi) is 3.25. The van der Waals surface area contributed by atoms with Crippen molar-refractivity contribution < 1.29 is 5.11 Å². The van der Waals surface area contributed by atoms with Crippen LogP contribution < -0.4 is 5.73 Å². The van der Waals surface area contributed by atoms with Crippen LogP contribution in [0.5, 0.6) is 0 Å². The van der Waals surface area contributed by atoms with Gasteiger partial charge in [0.15, 0.2) is 0 Å². The fourth-order valence-electron chi connectivity index (χ4n) is 7.26. The highest BCUT2D eigenvalue weighted by molar-refractivity contribution is 5.09. The molecule has 4 fully saturated rings. The van der Waals surface area contributed by atoms with Crippen molar-refractivity contribution in [3.63, 3.8) is 0 Å². The summed E-state index contributed by atoms with van der Waals surface area (Å²) in [5.74, 6) is 3.46. The molecule has 8 atom stereocenters. The summed E-state index contributed by atoms with van der Waals surface area (Å²) in [7, 11) is 0. The molecular weight excluding hydrogens is 258 g/mol. The normalized spacial score (nSPS) is 60.0. The van der Waals surface area contributed by atoms with Gasteiger partial charge < -0.3 is 10.8 Å². The topological polar surface area (TPSA) is 46.2 Å². The van der Waals surface area contributed by atoms with Crippen molar-refractivity contribution in [2.24, 2.45) is 40.2 Å². The van der Waals surface area contributed by atoms with Crippen LogP contribution in [0.2, 0.25) is 0 Å². The van der Waals surface area contributed by atoms with E-state index in [1.165, 1.54) is 51.4 Å². The first-order chi connectivity index (χ1) is 9.95. The van der Waals surface area contributed by atoms with Gasteiger partial charge in [0.25, 0.3) is 0 Å². The number of rotatable bonds is 0. The summed E-state index contributed by atoms with van der Waals surface area (Å²) in [6, 6.07) is 0.460. The maximum atomic E-state index is 10.5. The summed E-state index contributed by atoms with van der Waals surface area (Å²) in [6.45, 7) is 4.98. The second kappa shape index (κ2) is 4.71. The third kappa shape index (κ3) is 1.91. The van der Waals surface area contributed by atoms with E-state index in [1.54, 1.807) is 0 Å². The van der Waals surface area contributed by atoms with Crippen LogP contribution in [0.25, 0.3) is 0 Å². The molecule has 4 saturated carbocycles. The summed E-state index contributed by atoms with van der Waals surface area (Å²) in [5.41, 5.74) is 7.04. The molecule has 0 spiro atoms. The van der Waals surface area contributed by atoms with Gasteiger partial charge in [0.1, 0.15) is 0 Å². The first-order valence-electron chi connectivity index (χ1n) is 9.39. The molecule has 4 aliphatic carbocycles. The Bertz CT molecular complexity index is 424. The number of hydrogen-bond acceptors (Lipinski definition) is 2. The van der Waals surface area contributed by atoms with Crippen LogP contribution in [0.3, 0.4) is 0 Å². The van der Waals surface area contributed by atoms with Crippen molar-refractivity contribution in [2.75, 3.05) is 0 Å². The molecule has 0 amide bonds. The maximum Gasteiger partial charge on any atom is 0.0596 e. The molecule has 0 radical (unpaired) electrons. The summed E-state index contributed by atoms with van der Waals surface area (Å²) >= 11 is 0. The lowest BCUT2D eigenvalue weighted by atomic mass is 9.45. The van der Waals surface area contributed by atoms with E-state index in [1.807, 2.05) is 0 Å². The minimum Gasteiger partial charge on any atom is -0.393 e. The average molecular weight is 291 g/mol. The van der Waals surface area contributed by atoms with E-state index in [9.17, 15) is 5.11 Å². The van der Waals surface area contributed by atoms with Gasteiger partial charge in [-0.25, -0.2) is 0 Å². The summed E-state index contributed by atoms with van der Waals surface area (Å²) < 4.78 is 0. The van der Waals surface area contributed by atoms with E-state index in [4.69, 9.17) is 5.73 Å². The zero-order valence-corrected chi connectivity index (χ0v) is 13.9. The Hall–Kier alpha value is -0.0800. The molecule has 0 saturated heterocycles. The SMILES string of the molecule is C[C@]12CC[C@H](N)C[C@@H]1CC[C@H]1[C@H]2CC[C@@]2(C)[C@@H]1CC[C@@H]2O. The largest absolute Gasteiger partial charge is 0.393 e. The molecule has 120 valence electrons. The van der Waals surface area contributed by atoms with Crippen molar-refractivity contribution in [2.45, 2.75) is 83.8 Å². The quantitative estimate of drug-likeness (QED) is 0.714. The van der Waals surface area contributed by atoms with Crippen LogP contribution in [0.4, 0.5) is 0 Å². The van der Waals surface area contributed by atoms with Crippen LogP contribution >= 0.6 is 0 Å². The van der Waals surface area contributed by atoms with Gasteiger partial charge in [-0.05, 0) is 92.3 Å². The highest BCUT2D eigenvalue weighted by Gasteiger charge is 2.59. The maximum absolute atomic E-state index is 10.5. The van der Waals surface area contributed by atoms with Gasteiger partial charge in [-0.1, -0.05) is 13.8 Å². The molecule has 0 aromatic rings. The third-order valence-corrected chi connectivity index (χ3v) is 8.66. The molecule has 3 N–H and O–H groups in total. The van der Waals surface area contributed by atoms with Gasteiger partial charge in [0.05, 0.1) is 6.10 Å². The van der Waals surface area contributed by atoms with Gasteiger partial charge in [0.2, 0.25) is 0 Å². The molecule has 0 bridgehead atoms. The molecule has 0 unspecified atom stereocenters. The van der Waals surface area contributed by atoms with E-state index in [2.05, 4.69) is 13.8 Å². The minimum absolute atomic E-state index is 0.0336. The predicted molar refractivity (Wildman–Crippen MR) is 85.7 cm³/mol. The van der Waals surface area contributed by atoms with E-state index < -0.39 is 0 Å². The van der Waals surface area contributed by atoms with Gasteiger partial charge in [-0.15, -0.1) is 0 Å². The molecule has 2 heteroatoms. The van der Waals surface area contributed by atoms with Crippen LogP contribution in [0, 0.1) is 34.5 Å². The second-order valence-electron chi connectivity index (χ2n) is 9.33. The molecule has 4 rings (SSSR count). The Balaban J connectivity index is 1.62. The Labute approximate surface area is 129 Å². The number of fused-ring (bicyclic) bond motifs is 5. The summed E-state index contributed by atoms with van der Waals surface area (Å²) in [5, 5.41) is 10.5. The Morgan fingerprint density at radius 2 is 1.57 bits per heavy atom. The van der Waals surface area contributed by atoms with Crippen molar-refractivity contribution in [1.82, 2.24) is 0 Å². The average Bonchev–Trinajstić information content (AvgIpc) is 2.76. The lowest BCUT2D eigenvalue weighted by Gasteiger charge is -2.60. The molecule has 0 aromatic carbocycles. The van der Waals surface area contributed by atoms with Gasteiger partial charge >= 0.3 is 0 Å². The lowest BCUT2D eigenvalue weighted by molar-refractivity contribution is -0.122. The summed E-state index contributed by atoms with van der Waals surface area (Å²) in [6.07, 6.45) is 11.6. The van der Waals surface area contributed by atoms with Crippen molar-refractivity contribution >= 4 is 0 Å². The van der Waals surface area contributed by atoms with Crippen LogP contribution in [0.1, 0.15) is 71.6 Å². The molecule has 21 heavy (non-hydrogen) atoms. The van der Waals surface area contributed by atoms with Gasteiger partial charge in [-0.2, -0.15) is 0 Å². The third-order valence-electron chi connectivity index (χ3n) is 8.66. The first-order valence-corrected chi connectivity index (χ1v) is 9.39. The van der Waals surface area contributed by atoms with E-state index in [-0.39, 0.29) is 11.5 Å². The molecule has 0 aliphatic heterocycles. The zero-order valence-electron chi connectivity index (χ0n) is 13.9. The highest BCUT2D eigenvalue weighted by Crippen LogP contribution is 2.66. The van der Waals surface area contributed by atoms with Gasteiger partial charge in [0, 0.05) is 6.04 Å². The van der Waals surface area contributed by atoms with Crippen LogP contribution in [-0.4, -0.2) is 17.3 Å². The predicted octanol–water partition coefficient (Wildman–Crippen LogP) is 3.72.